The highest BCUT2D eigenvalue weighted by atomic mass is 15.3. The van der Waals surface area contributed by atoms with Gasteiger partial charge in [0.25, 0.3) is 0 Å². The molecule has 0 saturated carbocycles. The summed E-state index contributed by atoms with van der Waals surface area (Å²) < 4.78 is 0. The molecule has 0 unspecified atom stereocenters. The number of nitrogens with zero attached hydrogens (tertiary/aromatic N) is 3. The Morgan fingerprint density at radius 2 is 1.79 bits per heavy atom. The van der Waals surface area contributed by atoms with Crippen LogP contribution in [-0.2, 0) is 0 Å². The molecule has 0 amide bonds. The van der Waals surface area contributed by atoms with E-state index in [2.05, 4.69) is 41.6 Å². The molecule has 0 bridgehead atoms. The van der Waals surface area contributed by atoms with Gasteiger partial charge in [-0.05, 0) is 44.9 Å². The summed E-state index contributed by atoms with van der Waals surface area (Å²) in [5.74, 6) is 1.09. The van der Waals surface area contributed by atoms with Crippen LogP contribution >= 0.6 is 0 Å². The summed E-state index contributed by atoms with van der Waals surface area (Å²) in [6.45, 7) is 13.0. The predicted molar refractivity (Wildman–Crippen MR) is 80.5 cm³/mol. The van der Waals surface area contributed by atoms with Gasteiger partial charge in [-0.15, -0.1) is 0 Å². The third kappa shape index (κ3) is 3.25. The molecule has 1 aromatic rings. The molecule has 2 rings (SSSR count). The van der Waals surface area contributed by atoms with Gasteiger partial charge in [0.05, 0.1) is 0 Å². The van der Waals surface area contributed by atoms with Crippen molar-refractivity contribution < 1.29 is 0 Å². The van der Waals surface area contributed by atoms with Gasteiger partial charge in [0.2, 0.25) is 0 Å². The lowest BCUT2D eigenvalue weighted by molar-refractivity contribution is 0.209. The zero-order valence-corrected chi connectivity index (χ0v) is 12.6. The minimum absolute atomic E-state index is 0.0549. The Hall–Kier alpha value is -1.13. The van der Waals surface area contributed by atoms with E-state index in [4.69, 9.17) is 5.73 Å². The molecule has 1 saturated heterocycles. The summed E-state index contributed by atoms with van der Waals surface area (Å²) >= 11 is 0. The summed E-state index contributed by atoms with van der Waals surface area (Å²) in [4.78, 5) is 9.47. The molecule has 2 N–H and O–H groups in total. The number of nitrogens with two attached hydrogens (primary N) is 1. The van der Waals surface area contributed by atoms with E-state index in [1.807, 2.05) is 13.1 Å². The summed E-state index contributed by atoms with van der Waals surface area (Å²) in [7, 11) is 0. The van der Waals surface area contributed by atoms with E-state index < -0.39 is 0 Å². The molecule has 0 radical (unpaired) electrons. The van der Waals surface area contributed by atoms with E-state index in [1.54, 1.807) is 0 Å². The van der Waals surface area contributed by atoms with E-state index in [0.717, 1.165) is 37.6 Å². The van der Waals surface area contributed by atoms with Crippen molar-refractivity contribution in [2.45, 2.75) is 39.8 Å². The quantitative estimate of drug-likeness (QED) is 0.904. The Labute approximate surface area is 116 Å². The summed E-state index contributed by atoms with van der Waals surface area (Å²) in [6, 6.07) is 2.86. The zero-order valence-electron chi connectivity index (χ0n) is 12.6. The van der Waals surface area contributed by atoms with Gasteiger partial charge in [-0.1, -0.05) is 0 Å². The molecule has 2 heterocycles. The number of hydrogen-bond acceptors (Lipinski definition) is 4. The van der Waals surface area contributed by atoms with E-state index >= 15 is 0 Å². The molecule has 1 aliphatic heterocycles. The van der Waals surface area contributed by atoms with E-state index in [0.29, 0.717) is 6.04 Å². The van der Waals surface area contributed by atoms with Crippen LogP contribution in [0.4, 0.5) is 5.82 Å². The van der Waals surface area contributed by atoms with E-state index in [9.17, 15) is 0 Å². The smallest absolute Gasteiger partial charge is 0.128 e. The number of aryl methyl sites for hydroxylation is 1. The summed E-state index contributed by atoms with van der Waals surface area (Å²) in [6.07, 6.45) is 1.93. The standard InChI is InChI=1S/C15H26N4/c1-11(2)18-5-7-19(8-6-18)15-9-12(3)14(10-17-15)13(4)16/h9-11,13H,5-8,16H2,1-4H3/t13-/m0/s1. The number of pyridine rings is 1. The van der Waals surface area contributed by atoms with Crippen molar-refractivity contribution in [2.75, 3.05) is 31.1 Å². The third-order valence-electron chi connectivity index (χ3n) is 4.00. The predicted octanol–water partition coefficient (Wildman–Crippen LogP) is 1.94. The highest BCUT2D eigenvalue weighted by Gasteiger charge is 2.20. The van der Waals surface area contributed by atoms with Crippen molar-refractivity contribution in [3.63, 3.8) is 0 Å². The van der Waals surface area contributed by atoms with Crippen molar-refractivity contribution in [3.8, 4) is 0 Å². The first-order chi connectivity index (χ1) is 8.99. The van der Waals surface area contributed by atoms with E-state index in [-0.39, 0.29) is 6.04 Å². The lowest BCUT2D eigenvalue weighted by Crippen LogP contribution is -2.49. The second kappa shape index (κ2) is 5.88. The van der Waals surface area contributed by atoms with Crippen molar-refractivity contribution in [1.82, 2.24) is 9.88 Å². The average Bonchev–Trinajstić information content (AvgIpc) is 2.38. The molecule has 4 heteroatoms. The topological polar surface area (TPSA) is 45.4 Å². The van der Waals surface area contributed by atoms with Crippen LogP contribution in [0.2, 0.25) is 0 Å². The molecule has 106 valence electrons. The Morgan fingerprint density at radius 1 is 1.16 bits per heavy atom. The van der Waals surface area contributed by atoms with Crippen LogP contribution in [0.5, 0.6) is 0 Å². The molecular weight excluding hydrogens is 236 g/mol. The Bertz CT molecular complexity index is 420. The van der Waals surface area contributed by atoms with Crippen molar-refractivity contribution in [1.29, 1.82) is 0 Å². The molecule has 1 atom stereocenters. The normalized spacial score (nSPS) is 18.9. The molecule has 0 aromatic carbocycles. The van der Waals surface area contributed by atoms with Crippen LogP contribution in [0.3, 0.4) is 0 Å². The van der Waals surface area contributed by atoms with Gasteiger partial charge in [-0.25, -0.2) is 4.98 Å². The second-order valence-electron chi connectivity index (χ2n) is 5.80. The van der Waals surface area contributed by atoms with Gasteiger partial charge in [-0.3, -0.25) is 4.90 Å². The van der Waals surface area contributed by atoms with Gasteiger partial charge in [-0.2, -0.15) is 0 Å². The van der Waals surface area contributed by atoms with Crippen LogP contribution in [0.1, 0.15) is 37.9 Å². The molecule has 4 nitrogen and oxygen atoms in total. The molecule has 0 aliphatic carbocycles. The minimum atomic E-state index is 0.0549. The first-order valence-electron chi connectivity index (χ1n) is 7.20. The van der Waals surface area contributed by atoms with E-state index in [1.165, 1.54) is 5.56 Å². The highest BCUT2D eigenvalue weighted by Crippen LogP contribution is 2.21. The lowest BCUT2D eigenvalue weighted by atomic mass is 10.1. The van der Waals surface area contributed by atoms with Gasteiger partial charge >= 0.3 is 0 Å². The maximum Gasteiger partial charge on any atom is 0.128 e. The Morgan fingerprint density at radius 3 is 2.26 bits per heavy atom. The monoisotopic (exact) mass is 262 g/mol. The van der Waals surface area contributed by atoms with Crippen LogP contribution in [0.25, 0.3) is 0 Å². The average molecular weight is 262 g/mol. The van der Waals surface area contributed by atoms with Crippen LogP contribution in [-0.4, -0.2) is 42.1 Å². The highest BCUT2D eigenvalue weighted by molar-refractivity contribution is 5.44. The zero-order chi connectivity index (χ0) is 14.0. The number of piperazine rings is 1. The molecule has 19 heavy (non-hydrogen) atoms. The SMILES string of the molecule is Cc1cc(N2CCN(C(C)C)CC2)ncc1[C@H](C)N. The number of hydrogen-bond donors (Lipinski definition) is 1. The molecular formula is C15H26N4. The minimum Gasteiger partial charge on any atom is -0.354 e. The number of aromatic nitrogens is 1. The molecule has 1 aromatic heterocycles. The van der Waals surface area contributed by atoms with Crippen LogP contribution < -0.4 is 10.6 Å². The maximum absolute atomic E-state index is 5.93. The van der Waals surface area contributed by atoms with Crippen LogP contribution in [0, 0.1) is 6.92 Å². The van der Waals surface area contributed by atoms with Crippen molar-refractivity contribution in [3.05, 3.63) is 23.4 Å². The lowest BCUT2D eigenvalue weighted by Gasteiger charge is -2.37. The van der Waals surface area contributed by atoms with Crippen LogP contribution in [0.15, 0.2) is 12.3 Å². The fourth-order valence-corrected chi connectivity index (χ4v) is 2.67. The first-order valence-corrected chi connectivity index (χ1v) is 7.20. The summed E-state index contributed by atoms with van der Waals surface area (Å²) in [5, 5.41) is 0. The van der Waals surface area contributed by atoms with Gasteiger partial charge in [0.15, 0.2) is 0 Å². The van der Waals surface area contributed by atoms with Crippen molar-refractivity contribution >= 4 is 5.82 Å². The fraction of sp³-hybridized carbons (Fsp3) is 0.667. The number of anilines is 1. The van der Waals surface area contributed by atoms with Gasteiger partial charge < -0.3 is 10.6 Å². The van der Waals surface area contributed by atoms with Crippen molar-refractivity contribution in [2.24, 2.45) is 5.73 Å². The first kappa shape index (κ1) is 14.3. The second-order valence-corrected chi connectivity index (χ2v) is 5.80. The van der Waals surface area contributed by atoms with Gasteiger partial charge in [0.1, 0.15) is 5.82 Å². The maximum atomic E-state index is 5.93. The number of rotatable bonds is 3. The molecule has 1 aliphatic rings. The summed E-state index contributed by atoms with van der Waals surface area (Å²) in [5.41, 5.74) is 8.32. The fourth-order valence-electron chi connectivity index (χ4n) is 2.67. The Kier molecular flexibility index (Phi) is 4.42. The van der Waals surface area contributed by atoms with Gasteiger partial charge in [0, 0.05) is 44.5 Å². The largest absolute Gasteiger partial charge is 0.354 e. The molecule has 1 fully saturated rings. The third-order valence-corrected chi connectivity index (χ3v) is 4.00. The molecule has 0 spiro atoms. The Balaban J connectivity index is 2.06.